The number of likely N-dealkylation sites (tertiary alicyclic amines) is 1. The molecule has 1 aromatic carbocycles. The van der Waals surface area contributed by atoms with Crippen molar-refractivity contribution in [3.63, 3.8) is 0 Å². The SMILES string of the molecule is CCC1CCN(C(=O)C(C#N)Cc2ccccc2)CC1. The van der Waals surface area contributed by atoms with E-state index in [4.69, 9.17) is 0 Å². The molecule has 0 N–H and O–H groups in total. The number of hydrogen-bond acceptors (Lipinski definition) is 2. The minimum absolute atomic E-state index is 0.00547. The molecule has 0 aliphatic carbocycles. The van der Waals surface area contributed by atoms with Crippen LogP contribution in [0.4, 0.5) is 0 Å². The second kappa shape index (κ2) is 7.09. The first kappa shape index (κ1) is 14.6. The molecule has 106 valence electrons. The van der Waals surface area contributed by atoms with Gasteiger partial charge in [0.15, 0.2) is 0 Å². The summed E-state index contributed by atoms with van der Waals surface area (Å²) in [5.74, 6) is 0.204. The number of rotatable bonds is 4. The van der Waals surface area contributed by atoms with Gasteiger partial charge in [-0.25, -0.2) is 0 Å². The molecule has 0 saturated carbocycles. The predicted molar refractivity (Wildman–Crippen MR) is 78.8 cm³/mol. The normalized spacial score (nSPS) is 17.5. The van der Waals surface area contributed by atoms with Crippen LogP contribution in [0, 0.1) is 23.2 Å². The lowest BCUT2D eigenvalue weighted by molar-refractivity contribution is -0.135. The average Bonchev–Trinajstić information content (AvgIpc) is 2.53. The van der Waals surface area contributed by atoms with Crippen molar-refractivity contribution in [1.29, 1.82) is 5.26 Å². The summed E-state index contributed by atoms with van der Waals surface area (Å²) in [4.78, 5) is 14.3. The van der Waals surface area contributed by atoms with Crippen LogP contribution >= 0.6 is 0 Å². The first-order valence-corrected chi connectivity index (χ1v) is 7.47. The molecule has 1 heterocycles. The molecule has 1 aromatic rings. The van der Waals surface area contributed by atoms with Crippen molar-refractivity contribution in [2.24, 2.45) is 11.8 Å². The molecule has 1 aliphatic rings. The third kappa shape index (κ3) is 3.60. The minimum Gasteiger partial charge on any atom is -0.342 e. The number of carbonyl (C=O) groups excluding carboxylic acids is 1. The Morgan fingerprint density at radius 1 is 1.35 bits per heavy atom. The number of piperidine rings is 1. The first-order valence-electron chi connectivity index (χ1n) is 7.47. The summed E-state index contributed by atoms with van der Waals surface area (Å²) in [6.45, 7) is 3.82. The Morgan fingerprint density at radius 2 is 2.00 bits per heavy atom. The Balaban J connectivity index is 1.95. The average molecular weight is 270 g/mol. The summed E-state index contributed by atoms with van der Waals surface area (Å²) in [5, 5.41) is 9.29. The van der Waals surface area contributed by atoms with Crippen LogP contribution in [-0.2, 0) is 11.2 Å². The Labute approximate surface area is 121 Å². The highest BCUT2D eigenvalue weighted by molar-refractivity contribution is 5.81. The standard InChI is InChI=1S/C17H22N2O/c1-2-14-8-10-19(11-9-14)17(20)16(13-18)12-15-6-4-3-5-7-15/h3-7,14,16H,2,8-12H2,1H3. The molecule has 0 spiro atoms. The van der Waals surface area contributed by atoms with Crippen LogP contribution in [0.25, 0.3) is 0 Å². The Bertz CT molecular complexity index is 470. The van der Waals surface area contributed by atoms with Gasteiger partial charge in [-0.05, 0) is 30.7 Å². The first-order chi connectivity index (χ1) is 9.74. The lowest BCUT2D eigenvalue weighted by atomic mass is 9.92. The van der Waals surface area contributed by atoms with Gasteiger partial charge in [-0.1, -0.05) is 43.7 Å². The number of hydrogen-bond donors (Lipinski definition) is 0. The van der Waals surface area contributed by atoms with E-state index >= 15 is 0 Å². The van der Waals surface area contributed by atoms with Crippen molar-refractivity contribution < 1.29 is 4.79 Å². The molecular formula is C17H22N2O. The van der Waals surface area contributed by atoms with Gasteiger partial charge in [0.05, 0.1) is 6.07 Å². The molecule has 3 nitrogen and oxygen atoms in total. The highest BCUT2D eigenvalue weighted by Gasteiger charge is 2.27. The molecule has 1 amide bonds. The number of benzene rings is 1. The quantitative estimate of drug-likeness (QED) is 0.844. The number of amides is 1. The van der Waals surface area contributed by atoms with Gasteiger partial charge < -0.3 is 4.90 Å². The lowest BCUT2D eigenvalue weighted by Gasteiger charge is -2.32. The molecule has 20 heavy (non-hydrogen) atoms. The molecule has 1 saturated heterocycles. The maximum absolute atomic E-state index is 12.4. The molecule has 0 radical (unpaired) electrons. The molecule has 0 aromatic heterocycles. The van der Waals surface area contributed by atoms with Gasteiger partial charge in [0, 0.05) is 13.1 Å². The third-order valence-electron chi connectivity index (χ3n) is 4.24. The van der Waals surface area contributed by atoms with Crippen LogP contribution in [-0.4, -0.2) is 23.9 Å². The summed E-state index contributed by atoms with van der Waals surface area (Å²) < 4.78 is 0. The summed E-state index contributed by atoms with van der Waals surface area (Å²) in [5.41, 5.74) is 1.05. The molecule has 1 unspecified atom stereocenters. The van der Waals surface area contributed by atoms with E-state index in [9.17, 15) is 10.1 Å². The van der Waals surface area contributed by atoms with E-state index in [2.05, 4.69) is 13.0 Å². The van der Waals surface area contributed by atoms with E-state index in [1.165, 1.54) is 6.42 Å². The number of nitrogens with zero attached hydrogens (tertiary/aromatic N) is 2. The minimum atomic E-state index is -0.546. The van der Waals surface area contributed by atoms with Crippen molar-refractivity contribution in [3.8, 4) is 6.07 Å². The number of carbonyl (C=O) groups is 1. The van der Waals surface area contributed by atoms with Gasteiger partial charge >= 0.3 is 0 Å². The monoisotopic (exact) mass is 270 g/mol. The van der Waals surface area contributed by atoms with Gasteiger partial charge in [0.25, 0.3) is 0 Å². The van der Waals surface area contributed by atoms with Crippen LogP contribution < -0.4 is 0 Å². The highest BCUT2D eigenvalue weighted by atomic mass is 16.2. The van der Waals surface area contributed by atoms with Crippen LogP contribution in [0.5, 0.6) is 0 Å². The highest BCUT2D eigenvalue weighted by Crippen LogP contribution is 2.22. The smallest absolute Gasteiger partial charge is 0.240 e. The van der Waals surface area contributed by atoms with Crippen LogP contribution in [0.2, 0.25) is 0 Å². The fourth-order valence-electron chi connectivity index (χ4n) is 2.82. The number of nitriles is 1. The van der Waals surface area contributed by atoms with Crippen LogP contribution in [0.3, 0.4) is 0 Å². The third-order valence-corrected chi connectivity index (χ3v) is 4.24. The van der Waals surface area contributed by atoms with E-state index in [0.717, 1.165) is 37.4 Å². The largest absolute Gasteiger partial charge is 0.342 e. The van der Waals surface area contributed by atoms with Gasteiger partial charge in [-0.15, -0.1) is 0 Å². The zero-order chi connectivity index (χ0) is 14.4. The molecule has 1 aliphatic heterocycles. The topological polar surface area (TPSA) is 44.1 Å². The zero-order valence-electron chi connectivity index (χ0n) is 12.1. The fraction of sp³-hybridized carbons (Fsp3) is 0.529. The van der Waals surface area contributed by atoms with Crippen LogP contribution in [0.15, 0.2) is 30.3 Å². The maximum atomic E-state index is 12.4. The molecule has 1 fully saturated rings. The Morgan fingerprint density at radius 3 is 2.55 bits per heavy atom. The summed E-state index contributed by atoms with van der Waals surface area (Å²) in [6, 6.07) is 12.0. The summed E-state index contributed by atoms with van der Waals surface area (Å²) in [7, 11) is 0. The van der Waals surface area contributed by atoms with Crippen molar-refractivity contribution in [2.75, 3.05) is 13.1 Å². The zero-order valence-corrected chi connectivity index (χ0v) is 12.1. The predicted octanol–water partition coefficient (Wildman–Crippen LogP) is 3.02. The molecule has 1 atom stereocenters. The van der Waals surface area contributed by atoms with E-state index in [1.807, 2.05) is 35.2 Å². The second-order valence-electron chi connectivity index (χ2n) is 5.55. The summed E-state index contributed by atoms with van der Waals surface area (Å²) >= 11 is 0. The Kier molecular flexibility index (Phi) is 5.17. The molecule has 2 rings (SSSR count). The van der Waals surface area contributed by atoms with Crippen LogP contribution in [0.1, 0.15) is 31.7 Å². The Hall–Kier alpha value is -1.82. The van der Waals surface area contributed by atoms with Crippen molar-refractivity contribution in [3.05, 3.63) is 35.9 Å². The van der Waals surface area contributed by atoms with Gasteiger partial charge in [-0.2, -0.15) is 5.26 Å². The maximum Gasteiger partial charge on any atom is 0.240 e. The molecule has 3 heteroatoms. The van der Waals surface area contributed by atoms with E-state index in [1.54, 1.807) is 0 Å². The van der Waals surface area contributed by atoms with E-state index < -0.39 is 5.92 Å². The molecular weight excluding hydrogens is 248 g/mol. The van der Waals surface area contributed by atoms with Crippen molar-refractivity contribution in [2.45, 2.75) is 32.6 Å². The summed E-state index contributed by atoms with van der Waals surface area (Å²) in [6.07, 6.45) is 3.86. The van der Waals surface area contributed by atoms with Gasteiger partial charge in [-0.3, -0.25) is 4.79 Å². The van der Waals surface area contributed by atoms with Gasteiger partial charge in [0.1, 0.15) is 5.92 Å². The van der Waals surface area contributed by atoms with E-state index in [0.29, 0.717) is 6.42 Å². The van der Waals surface area contributed by atoms with E-state index in [-0.39, 0.29) is 5.91 Å². The molecule has 0 bridgehead atoms. The van der Waals surface area contributed by atoms with Crippen molar-refractivity contribution in [1.82, 2.24) is 4.90 Å². The van der Waals surface area contributed by atoms with Gasteiger partial charge in [0.2, 0.25) is 5.91 Å². The lowest BCUT2D eigenvalue weighted by Crippen LogP contribution is -2.42. The fourth-order valence-corrected chi connectivity index (χ4v) is 2.82. The second-order valence-corrected chi connectivity index (χ2v) is 5.55. The van der Waals surface area contributed by atoms with Crippen molar-refractivity contribution >= 4 is 5.91 Å².